The number of hydrogen-bond donors (Lipinski definition) is 0. The van der Waals surface area contributed by atoms with Gasteiger partial charge in [-0.3, -0.25) is 0 Å². The van der Waals surface area contributed by atoms with E-state index < -0.39 is 0 Å². The quantitative estimate of drug-likeness (QED) is 0.550. The van der Waals surface area contributed by atoms with Crippen molar-refractivity contribution in [1.29, 1.82) is 0 Å². The standard InChI is InChI=1S/C10H16S.C2H6/c1-4-7-8-9-10(5-2)11-6-3;1-2/h5-6,8-9H,3-4,7H2,1-2H3;1-2H3/b9-8+,10-5-;. The molecule has 13 heavy (non-hydrogen) atoms. The molecule has 0 aromatic heterocycles. The minimum Gasteiger partial charge on any atom is -0.0991 e. The van der Waals surface area contributed by atoms with E-state index in [9.17, 15) is 0 Å². The fraction of sp³-hybridized carbons (Fsp3) is 0.500. The Morgan fingerprint density at radius 1 is 1.38 bits per heavy atom. The third kappa shape index (κ3) is 11.6. The second-order valence-electron chi connectivity index (χ2n) is 2.17. The number of allylic oxidation sites excluding steroid dienone is 3. The molecule has 0 saturated carbocycles. The topological polar surface area (TPSA) is 0 Å². The van der Waals surface area contributed by atoms with Crippen LogP contribution in [0, 0.1) is 0 Å². The molecular weight excluding hydrogens is 176 g/mol. The van der Waals surface area contributed by atoms with Crippen LogP contribution >= 0.6 is 11.8 Å². The highest BCUT2D eigenvalue weighted by Gasteiger charge is 1.84. The van der Waals surface area contributed by atoms with Crippen LogP contribution in [0.15, 0.2) is 35.1 Å². The molecule has 0 atom stereocenters. The van der Waals surface area contributed by atoms with Crippen LogP contribution in [-0.4, -0.2) is 0 Å². The summed E-state index contributed by atoms with van der Waals surface area (Å²) in [7, 11) is 0. The average molecular weight is 198 g/mol. The van der Waals surface area contributed by atoms with E-state index in [1.54, 1.807) is 11.8 Å². The van der Waals surface area contributed by atoms with Crippen molar-refractivity contribution in [2.75, 3.05) is 0 Å². The molecule has 0 saturated heterocycles. The molecule has 0 bridgehead atoms. The third-order valence-corrected chi connectivity index (χ3v) is 2.05. The molecule has 0 N–H and O–H groups in total. The molecule has 0 rings (SSSR count). The lowest BCUT2D eigenvalue weighted by atomic mass is 10.3. The minimum absolute atomic E-state index is 1.16. The van der Waals surface area contributed by atoms with Crippen LogP contribution in [0.25, 0.3) is 0 Å². The SMILES string of the molecule is C=CSC(=C\C)/C=C/CCC.CC. The maximum absolute atomic E-state index is 3.66. The van der Waals surface area contributed by atoms with Crippen molar-refractivity contribution >= 4 is 11.8 Å². The first kappa shape index (κ1) is 15.1. The van der Waals surface area contributed by atoms with Gasteiger partial charge in [-0.05, 0) is 18.8 Å². The maximum Gasteiger partial charge on any atom is 0.00697 e. The predicted octanol–water partition coefficient (Wildman–Crippen LogP) is 5.15. The molecule has 0 aromatic carbocycles. The normalized spacial score (nSPS) is 10.9. The van der Waals surface area contributed by atoms with Gasteiger partial charge in [0, 0.05) is 4.91 Å². The second kappa shape index (κ2) is 14.1. The highest BCUT2D eigenvalue weighted by Crippen LogP contribution is 2.17. The fourth-order valence-corrected chi connectivity index (χ4v) is 1.17. The zero-order valence-corrected chi connectivity index (χ0v) is 10.2. The third-order valence-electron chi connectivity index (χ3n) is 1.24. The van der Waals surface area contributed by atoms with E-state index in [0.717, 1.165) is 6.42 Å². The van der Waals surface area contributed by atoms with Gasteiger partial charge in [0.05, 0.1) is 0 Å². The highest BCUT2D eigenvalue weighted by atomic mass is 32.2. The van der Waals surface area contributed by atoms with Crippen LogP contribution in [0.2, 0.25) is 0 Å². The van der Waals surface area contributed by atoms with Crippen LogP contribution < -0.4 is 0 Å². The van der Waals surface area contributed by atoms with E-state index in [1.165, 1.54) is 11.3 Å². The van der Waals surface area contributed by atoms with Crippen molar-refractivity contribution < 1.29 is 0 Å². The van der Waals surface area contributed by atoms with Crippen LogP contribution in [0.3, 0.4) is 0 Å². The molecule has 0 aliphatic carbocycles. The molecule has 1 heteroatoms. The van der Waals surface area contributed by atoms with Crippen LogP contribution in [0.5, 0.6) is 0 Å². The average Bonchev–Trinajstić information content (AvgIpc) is 2.20. The van der Waals surface area contributed by atoms with Gasteiger partial charge in [0.1, 0.15) is 0 Å². The van der Waals surface area contributed by atoms with Crippen molar-refractivity contribution in [3.05, 3.63) is 35.1 Å². The molecule has 0 aliphatic rings. The van der Waals surface area contributed by atoms with Gasteiger partial charge in [-0.1, -0.05) is 63.8 Å². The van der Waals surface area contributed by atoms with Crippen LogP contribution in [0.4, 0.5) is 0 Å². The monoisotopic (exact) mass is 198 g/mol. The van der Waals surface area contributed by atoms with Gasteiger partial charge in [0.15, 0.2) is 0 Å². The van der Waals surface area contributed by atoms with Crippen LogP contribution in [0.1, 0.15) is 40.5 Å². The number of hydrogen-bond acceptors (Lipinski definition) is 1. The zero-order valence-electron chi connectivity index (χ0n) is 9.34. The summed E-state index contributed by atoms with van der Waals surface area (Å²) in [6, 6.07) is 0. The lowest BCUT2D eigenvalue weighted by molar-refractivity contribution is 0.958. The van der Waals surface area contributed by atoms with E-state index in [-0.39, 0.29) is 0 Å². The molecule has 76 valence electrons. The van der Waals surface area contributed by atoms with E-state index in [1.807, 2.05) is 26.2 Å². The summed E-state index contributed by atoms with van der Waals surface area (Å²) in [6.45, 7) is 11.9. The Bertz CT molecular complexity index is 155. The van der Waals surface area contributed by atoms with Gasteiger partial charge in [0.2, 0.25) is 0 Å². The van der Waals surface area contributed by atoms with Crippen molar-refractivity contribution in [3.63, 3.8) is 0 Å². The van der Waals surface area contributed by atoms with Crippen molar-refractivity contribution in [1.82, 2.24) is 0 Å². The molecule has 0 fully saturated rings. The van der Waals surface area contributed by atoms with E-state index in [0.29, 0.717) is 0 Å². The Morgan fingerprint density at radius 3 is 2.38 bits per heavy atom. The van der Waals surface area contributed by atoms with Crippen molar-refractivity contribution in [2.24, 2.45) is 0 Å². The summed E-state index contributed by atoms with van der Waals surface area (Å²) in [5, 5.41) is 1.85. The van der Waals surface area contributed by atoms with Crippen molar-refractivity contribution in [3.8, 4) is 0 Å². The Morgan fingerprint density at radius 2 is 2.00 bits per heavy atom. The first-order valence-corrected chi connectivity index (χ1v) is 5.83. The number of thioether (sulfide) groups is 1. The lowest BCUT2D eigenvalue weighted by Gasteiger charge is -1.93. The Labute approximate surface area is 87.8 Å². The first-order chi connectivity index (χ1) is 6.35. The summed E-state index contributed by atoms with van der Waals surface area (Å²) in [5.74, 6) is 0. The molecule has 0 amide bonds. The largest absolute Gasteiger partial charge is 0.0991 e. The highest BCUT2D eigenvalue weighted by molar-refractivity contribution is 8.06. The van der Waals surface area contributed by atoms with Gasteiger partial charge < -0.3 is 0 Å². The predicted molar refractivity (Wildman–Crippen MR) is 66.9 cm³/mol. The summed E-state index contributed by atoms with van der Waals surface area (Å²) >= 11 is 1.67. The Kier molecular flexibility index (Phi) is 16.4. The zero-order chi connectivity index (χ0) is 10.5. The first-order valence-electron chi connectivity index (χ1n) is 4.95. The molecule has 0 nitrogen and oxygen atoms in total. The molecule has 0 unspecified atom stereocenters. The van der Waals surface area contributed by atoms with Crippen LogP contribution in [-0.2, 0) is 0 Å². The van der Waals surface area contributed by atoms with E-state index in [4.69, 9.17) is 0 Å². The Balaban J connectivity index is 0. The summed E-state index contributed by atoms with van der Waals surface area (Å²) in [6.07, 6.45) is 8.82. The Hall–Kier alpha value is -0.430. The molecule has 0 aromatic rings. The number of unbranched alkanes of at least 4 members (excludes halogenated alkanes) is 1. The molecule has 0 spiro atoms. The van der Waals surface area contributed by atoms with Crippen molar-refractivity contribution in [2.45, 2.75) is 40.5 Å². The van der Waals surface area contributed by atoms with Gasteiger partial charge in [-0.2, -0.15) is 0 Å². The molecule has 0 heterocycles. The molecule has 0 radical (unpaired) electrons. The fourth-order valence-electron chi connectivity index (χ4n) is 0.666. The lowest BCUT2D eigenvalue weighted by Crippen LogP contribution is -1.66. The smallest absolute Gasteiger partial charge is 0.00697 e. The minimum atomic E-state index is 1.16. The molecular formula is C12H22S. The second-order valence-corrected chi connectivity index (χ2v) is 3.21. The van der Waals surface area contributed by atoms with Gasteiger partial charge in [-0.15, -0.1) is 0 Å². The summed E-state index contributed by atoms with van der Waals surface area (Å²) in [4.78, 5) is 1.27. The summed E-state index contributed by atoms with van der Waals surface area (Å²) < 4.78 is 0. The molecule has 0 aliphatic heterocycles. The van der Waals surface area contributed by atoms with E-state index >= 15 is 0 Å². The van der Waals surface area contributed by atoms with E-state index in [2.05, 4.69) is 31.7 Å². The van der Waals surface area contributed by atoms with Gasteiger partial charge >= 0.3 is 0 Å². The van der Waals surface area contributed by atoms with Gasteiger partial charge in [0.25, 0.3) is 0 Å². The summed E-state index contributed by atoms with van der Waals surface area (Å²) in [5.41, 5.74) is 0. The number of rotatable bonds is 5. The van der Waals surface area contributed by atoms with Gasteiger partial charge in [-0.25, -0.2) is 0 Å². The maximum atomic E-state index is 3.66.